The van der Waals surface area contributed by atoms with Crippen LogP contribution in [0.15, 0.2) is 107 Å². The lowest BCUT2D eigenvalue weighted by Crippen LogP contribution is -2.58. The van der Waals surface area contributed by atoms with Gasteiger partial charge in [-0.1, -0.05) is 144 Å². The maximum atomic E-state index is 2.71. The molecule has 0 bridgehead atoms. The predicted octanol–water partition coefficient (Wildman–Crippen LogP) is 11.5. The summed E-state index contributed by atoms with van der Waals surface area (Å²) in [6.45, 7) is 30.7. The van der Waals surface area contributed by atoms with Gasteiger partial charge in [-0.2, -0.15) is 0 Å². The van der Waals surface area contributed by atoms with Crippen molar-refractivity contribution in [3.63, 3.8) is 0 Å². The summed E-state index contributed by atoms with van der Waals surface area (Å²) >= 11 is 0. The molecule has 3 heteroatoms. The topological polar surface area (TPSA) is 6.48 Å². The molecule has 0 spiro atoms. The molecule has 2 nitrogen and oxygen atoms in total. The Labute approximate surface area is 304 Å². The molecule has 0 radical (unpaired) electrons. The maximum Gasteiger partial charge on any atom is 0.251 e. The number of benzene rings is 3. The Morgan fingerprint density at radius 3 is 1.58 bits per heavy atom. The summed E-state index contributed by atoms with van der Waals surface area (Å²) < 4.78 is 0. The third-order valence-electron chi connectivity index (χ3n) is 11.7. The van der Waals surface area contributed by atoms with E-state index in [4.69, 9.17) is 0 Å². The first-order valence-electron chi connectivity index (χ1n) is 19.1. The van der Waals surface area contributed by atoms with Gasteiger partial charge < -0.3 is 9.80 Å². The normalized spacial score (nSPS) is 19.4. The van der Waals surface area contributed by atoms with E-state index in [0.717, 1.165) is 19.3 Å². The van der Waals surface area contributed by atoms with Gasteiger partial charge in [0.15, 0.2) is 0 Å². The van der Waals surface area contributed by atoms with Crippen LogP contribution in [0.3, 0.4) is 0 Å². The summed E-state index contributed by atoms with van der Waals surface area (Å²) in [6, 6.07) is 24.2. The van der Waals surface area contributed by atoms with Crippen molar-refractivity contribution in [3.8, 4) is 0 Å². The van der Waals surface area contributed by atoms with E-state index < -0.39 is 0 Å². The zero-order valence-corrected chi connectivity index (χ0v) is 33.2. The first-order valence-corrected chi connectivity index (χ1v) is 19.1. The van der Waals surface area contributed by atoms with Gasteiger partial charge in [-0.3, -0.25) is 0 Å². The van der Waals surface area contributed by atoms with Crippen molar-refractivity contribution in [2.45, 2.75) is 126 Å². The van der Waals surface area contributed by atoms with Crippen LogP contribution < -0.4 is 20.7 Å². The molecule has 0 aromatic heterocycles. The van der Waals surface area contributed by atoms with E-state index in [1.807, 2.05) is 0 Å². The quantitative estimate of drug-likeness (QED) is 0.252. The van der Waals surface area contributed by atoms with Crippen molar-refractivity contribution in [1.82, 2.24) is 0 Å². The van der Waals surface area contributed by atoms with E-state index in [0.29, 0.717) is 5.92 Å². The first kappa shape index (κ1) is 34.7. The summed E-state index contributed by atoms with van der Waals surface area (Å²) in [4.78, 5) is 5.30. The van der Waals surface area contributed by atoms with Crippen LogP contribution in [0, 0.1) is 11.3 Å². The van der Waals surface area contributed by atoms with Gasteiger partial charge in [0.25, 0.3) is 6.71 Å². The van der Waals surface area contributed by atoms with Crippen molar-refractivity contribution in [2.24, 2.45) is 11.3 Å². The fourth-order valence-corrected chi connectivity index (χ4v) is 8.54. The second kappa shape index (κ2) is 11.7. The molecule has 3 aromatic rings. The molecule has 4 aliphatic rings. The van der Waals surface area contributed by atoms with Gasteiger partial charge in [0.2, 0.25) is 0 Å². The average molecular weight is 663 g/mol. The lowest BCUT2D eigenvalue weighted by atomic mass is 9.31. The summed E-state index contributed by atoms with van der Waals surface area (Å²) in [6.07, 6.45) is 10.6. The minimum Gasteiger partial charge on any atom is -0.319 e. The molecule has 1 atom stereocenters. The van der Waals surface area contributed by atoms with Crippen molar-refractivity contribution in [2.75, 3.05) is 9.80 Å². The van der Waals surface area contributed by atoms with Crippen molar-refractivity contribution in [3.05, 3.63) is 124 Å². The molecule has 260 valence electrons. The van der Waals surface area contributed by atoms with Crippen molar-refractivity contribution < 1.29 is 0 Å². The predicted molar refractivity (Wildman–Crippen MR) is 219 cm³/mol. The highest BCUT2D eigenvalue weighted by Gasteiger charge is 2.48. The minimum absolute atomic E-state index is 0.0438. The molecule has 0 saturated heterocycles. The van der Waals surface area contributed by atoms with Gasteiger partial charge in [-0.25, -0.2) is 0 Å². The number of anilines is 3. The molecule has 3 aromatic carbocycles. The van der Waals surface area contributed by atoms with Crippen LogP contribution in [0.25, 0.3) is 0 Å². The van der Waals surface area contributed by atoms with Gasteiger partial charge in [0, 0.05) is 34.2 Å². The van der Waals surface area contributed by atoms with Crippen LogP contribution in [-0.4, -0.2) is 6.71 Å². The highest BCUT2D eigenvalue weighted by Crippen LogP contribution is 2.50. The van der Waals surface area contributed by atoms with Gasteiger partial charge in [-0.05, 0) is 110 Å². The maximum absolute atomic E-state index is 2.71. The summed E-state index contributed by atoms with van der Waals surface area (Å²) in [7, 11) is 0. The Morgan fingerprint density at radius 1 is 0.580 bits per heavy atom. The van der Waals surface area contributed by atoms with E-state index in [9.17, 15) is 0 Å². The second-order valence-corrected chi connectivity index (χ2v) is 19.6. The summed E-state index contributed by atoms with van der Waals surface area (Å²) in [5, 5.41) is 0. The van der Waals surface area contributed by atoms with E-state index in [1.54, 1.807) is 5.57 Å². The molecule has 50 heavy (non-hydrogen) atoms. The zero-order valence-electron chi connectivity index (χ0n) is 33.2. The Bertz CT molecular complexity index is 1970. The SMILES string of the molecule is CC1CC=C2C3=C1N(C1=CC=C(C(C)(C)C)CC1)c1ccc(C(C)(C)C)cc1B3c1cc(C(C)(C)C)ccc1N2c1ccc(C(C)(C)C)cc1. The largest absolute Gasteiger partial charge is 0.319 e. The van der Waals surface area contributed by atoms with Crippen molar-refractivity contribution >= 4 is 34.7 Å². The number of hydrogen-bond acceptors (Lipinski definition) is 2. The van der Waals surface area contributed by atoms with Crippen molar-refractivity contribution in [1.29, 1.82) is 0 Å². The highest BCUT2D eigenvalue weighted by molar-refractivity contribution is 6.94. The Balaban J connectivity index is 1.54. The molecule has 1 unspecified atom stereocenters. The number of allylic oxidation sites excluding steroid dienone is 7. The van der Waals surface area contributed by atoms with Crippen LogP contribution in [-0.2, 0) is 16.2 Å². The highest BCUT2D eigenvalue weighted by atomic mass is 15.2. The van der Waals surface area contributed by atoms with Crippen LogP contribution >= 0.6 is 0 Å². The summed E-state index contributed by atoms with van der Waals surface area (Å²) in [5.41, 5.74) is 18.6. The Hall–Kier alpha value is -3.72. The second-order valence-electron chi connectivity index (χ2n) is 19.6. The lowest BCUT2D eigenvalue weighted by Gasteiger charge is -2.50. The number of fused-ring (bicyclic) bond motifs is 4. The minimum atomic E-state index is 0.0438. The standard InChI is InChI=1S/C47H59BN2/c1-30-14-25-41-42-43(30)50(36-23-17-32(18-24-36)45(5,6)7)40-27-20-34(47(11,12)13)29-38(40)48(42)37-28-33(46(8,9)10)19-26-39(37)49(41)35-21-15-31(16-22-35)44(2,3)4/h15-17,19-23,25-30H,14,18,24H2,1-13H3. The van der Waals surface area contributed by atoms with Gasteiger partial charge in [0.05, 0.1) is 0 Å². The smallest absolute Gasteiger partial charge is 0.251 e. The molecule has 0 saturated carbocycles. The van der Waals surface area contributed by atoms with Crippen LogP contribution in [0.4, 0.5) is 17.1 Å². The first-order chi connectivity index (χ1) is 23.2. The van der Waals surface area contributed by atoms with Crippen LogP contribution in [0.5, 0.6) is 0 Å². The molecular formula is C47H59BN2. The van der Waals surface area contributed by atoms with Crippen LogP contribution in [0.1, 0.15) is 126 Å². The summed E-state index contributed by atoms with van der Waals surface area (Å²) in [5.74, 6) is 0.401. The number of nitrogens with zero attached hydrogens (tertiary/aromatic N) is 2. The fraction of sp³-hybridized carbons (Fsp3) is 0.447. The average Bonchev–Trinajstić information content (AvgIpc) is 3.03. The molecule has 2 aliphatic carbocycles. The molecule has 0 amide bonds. The molecule has 2 heterocycles. The van der Waals surface area contributed by atoms with Crippen LogP contribution in [0.2, 0.25) is 0 Å². The van der Waals surface area contributed by atoms with E-state index in [1.165, 1.54) is 67.2 Å². The molecule has 7 rings (SSSR count). The lowest BCUT2D eigenvalue weighted by molar-refractivity contribution is 0.478. The third kappa shape index (κ3) is 5.83. The number of rotatable bonds is 2. The Morgan fingerprint density at radius 2 is 1.10 bits per heavy atom. The molecule has 0 N–H and O–H groups in total. The Kier molecular flexibility index (Phi) is 8.09. The van der Waals surface area contributed by atoms with Gasteiger partial charge in [0.1, 0.15) is 0 Å². The fourth-order valence-electron chi connectivity index (χ4n) is 8.54. The van der Waals surface area contributed by atoms with E-state index in [-0.39, 0.29) is 28.4 Å². The van der Waals surface area contributed by atoms with E-state index >= 15 is 0 Å². The molecular weight excluding hydrogens is 603 g/mol. The number of hydrogen-bond donors (Lipinski definition) is 0. The zero-order chi connectivity index (χ0) is 36.1. The molecule has 2 aliphatic heterocycles. The third-order valence-corrected chi connectivity index (χ3v) is 11.7. The molecule has 0 fully saturated rings. The van der Waals surface area contributed by atoms with Gasteiger partial charge in [-0.15, -0.1) is 0 Å². The monoisotopic (exact) mass is 662 g/mol. The van der Waals surface area contributed by atoms with E-state index in [2.05, 4.69) is 179 Å². The van der Waals surface area contributed by atoms with Gasteiger partial charge >= 0.3 is 0 Å².